The molecule has 0 saturated heterocycles. The van der Waals surface area contributed by atoms with Gasteiger partial charge in [0, 0.05) is 19.7 Å². The Morgan fingerprint density at radius 2 is 2.07 bits per heavy atom. The molecule has 3 nitrogen and oxygen atoms in total. The lowest BCUT2D eigenvalue weighted by molar-refractivity contribution is 0.0172. The summed E-state index contributed by atoms with van der Waals surface area (Å²) in [6.07, 6.45) is 0.0980. The minimum atomic E-state index is -2.37. The summed E-state index contributed by atoms with van der Waals surface area (Å²) >= 11 is 0. The second-order valence-electron chi connectivity index (χ2n) is 3.82. The zero-order chi connectivity index (χ0) is 11.1. The summed E-state index contributed by atoms with van der Waals surface area (Å²) in [5.41, 5.74) is 0. The molecule has 1 rings (SSSR count). The van der Waals surface area contributed by atoms with Crippen molar-refractivity contribution in [2.24, 2.45) is 5.92 Å². The molecule has 0 amide bonds. The zero-order valence-electron chi connectivity index (χ0n) is 9.05. The van der Waals surface area contributed by atoms with E-state index in [9.17, 15) is 8.78 Å². The molecule has 0 aromatic rings. The average molecular weight is 223 g/mol. The number of ether oxygens (including phenoxy) is 2. The summed E-state index contributed by atoms with van der Waals surface area (Å²) in [5.74, 6) is 0.694. The number of alkyl halides is 2. The van der Waals surface area contributed by atoms with Crippen molar-refractivity contribution in [2.75, 3.05) is 33.5 Å². The molecular weight excluding hydrogens is 204 g/mol. The highest BCUT2D eigenvalue weighted by atomic mass is 19.3. The number of hydrogen-bond donors (Lipinski definition) is 1. The molecule has 0 heterocycles. The molecule has 15 heavy (non-hydrogen) atoms. The number of rotatable bonds is 9. The summed E-state index contributed by atoms with van der Waals surface area (Å²) in [4.78, 5) is 0. The predicted octanol–water partition coefficient (Wildman–Crippen LogP) is 1.28. The Bertz CT molecular complexity index is 166. The lowest BCUT2D eigenvalue weighted by atomic mass is 10.2. The van der Waals surface area contributed by atoms with Gasteiger partial charge < -0.3 is 14.8 Å². The van der Waals surface area contributed by atoms with E-state index in [1.165, 1.54) is 12.8 Å². The first-order chi connectivity index (χ1) is 7.24. The van der Waals surface area contributed by atoms with Crippen LogP contribution in [-0.4, -0.2) is 45.9 Å². The van der Waals surface area contributed by atoms with Gasteiger partial charge in [0.2, 0.25) is 0 Å². The standard InChI is InChI=1S/C10H19F2NO2/c1-14-6-9(8-2-3-8)13-4-5-15-7-10(11)12/h8-10,13H,2-7H2,1H3. The van der Waals surface area contributed by atoms with Crippen LogP contribution in [0.5, 0.6) is 0 Å². The third-order valence-electron chi connectivity index (χ3n) is 2.43. The Morgan fingerprint density at radius 1 is 1.33 bits per heavy atom. The van der Waals surface area contributed by atoms with Crippen molar-refractivity contribution in [1.29, 1.82) is 0 Å². The summed E-state index contributed by atoms with van der Waals surface area (Å²) < 4.78 is 33.3. The first kappa shape index (κ1) is 12.8. The Morgan fingerprint density at radius 3 is 2.60 bits per heavy atom. The van der Waals surface area contributed by atoms with Gasteiger partial charge >= 0.3 is 0 Å². The third kappa shape index (κ3) is 6.02. The Kier molecular flexibility index (Phi) is 6.05. The van der Waals surface area contributed by atoms with E-state index in [1.807, 2.05) is 0 Å². The maximum atomic E-state index is 11.7. The summed E-state index contributed by atoms with van der Waals surface area (Å²) in [5, 5.41) is 3.26. The van der Waals surface area contributed by atoms with E-state index in [0.717, 1.165) is 0 Å². The van der Waals surface area contributed by atoms with Gasteiger partial charge in [-0.25, -0.2) is 8.78 Å². The van der Waals surface area contributed by atoms with Crippen LogP contribution in [0.3, 0.4) is 0 Å². The van der Waals surface area contributed by atoms with Crippen LogP contribution < -0.4 is 5.32 Å². The minimum absolute atomic E-state index is 0.331. The fourth-order valence-corrected chi connectivity index (χ4v) is 1.53. The normalized spacial score (nSPS) is 18.4. The van der Waals surface area contributed by atoms with Crippen LogP contribution in [-0.2, 0) is 9.47 Å². The molecule has 1 saturated carbocycles. The molecule has 90 valence electrons. The molecule has 1 atom stereocenters. The average Bonchev–Trinajstić information content (AvgIpc) is 2.98. The molecule has 1 aliphatic rings. The fraction of sp³-hybridized carbons (Fsp3) is 1.00. The largest absolute Gasteiger partial charge is 0.383 e. The smallest absolute Gasteiger partial charge is 0.261 e. The molecule has 1 N–H and O–H groups in total. The van der Waals surface area contributed by atoms with Gasteiger partial charge in [-0.05, 0) is 18.8 Å². The van der Waals surface area contributed by atoms with Crippen LogP contribution >= 0.6 is 0 Å². The van der Waals surface area contributed by atoms with Gasteiger partial charge in [0.05, 0.1) is 13.2 Å². The lowest BCUT2D eigenvalue weighted by Gasteiger charge is -2.17. The third-order valence-corrected chi connectivity index (χ3v) is 2.43. The molecule has 0 radical (unpaired) electrons. The van der Waals surface area contributed by atoms with Gasteiger partial charge in [-0.15, -0.1) is 0 Å². The van der Waals surface area contributed by atoms with E-state index in [2.05, 4.69) is 5.32 Å². The monoisotopic (exact) mass is 223 g/mol. The van der Waals surface area contributed by atoms with Gasteiger partial charge in [-0.3, -0.25) is 0 Å². The van der Waals surface area contributed by atoms with Gasteiger partial charge in [-0.2, -0.15) is 0 Å². The molecule has 5 heteroatoms. The second kappa shape index (κ2) is 7.09. The molecule has 1 fully saturated rings. The molecule has 0 spiro atoms. The van der Waals surface area contributed by atoms with Crippen molar-refractivity contribution in [3.63, 3.8) is 0 Å². The highest BCUT2D eigenvalue weighted by Crippen LogP contribution is 2.32. The van der Waals surface area contributed by atoms with E-state index >= 15 is 0 Å². The molecule has 0 aromatic heterocycles. The van der Waals surface area contributed by atoms with E-state index < -0.39 is 13.0 Å². The molecule has 0 aliphatic heterocycles. The predicted molar refractivity (Wildman–Crippen MR) is 53.2 cm³/mol. The van der Waals surface area contributed by atoms with Gasteiger partial charge in [0.1, 0.15) is 6.61 Å². The lowest BCUT2D eigenvalue weighted by Crippen LogP contribution is -2.37. The summed E-state index contributed by atoms with van der Waals surface area (Å²) in [7, 11) is 1.67. The van der Waals surface area contributed by atoms with Crippen LogP contribution in [0.25, 0.3) is 0 Å². The first-order valence-corrected chi connectivity index (χ1v) is 5.32. The zero-order valence-corrected chi connectivity index (χ0v) is 9.05. The van der Waals surface area contributed by atoms with E-state index in [4.69, 9.17) is 9.47 Å². The van der Waals surface area contributed by atoms with E-state index in [0.29, 0.717) is 31.7 Å². The molecule has 0 bridgehead atoms. The number of methoxy groups -OCH3 is 1. The van der Waals surface area contributed by atoms with Crippen LogP contribution in [0.1, 0.15) is 12.8 Å². The maximum absolute atomic E-state index is 11.7. The Labute approximate surface area is 89.1 Å². The van der Waals surface area contributed by atoms with Crippen molar-refractivity contribution in [3.8, 4) is 0 Å². The minimum Gasteiger partial charge on any atom is -0.383 e. The molecular formula is C10H19F2NO2. The van der Waals surface area contributed by atoms with Gasteiger partial charge in [0.15, 0.2) is 0 Å². The van der Waals surface area contributed by atoms with Gasteiger partial charge in [-0.1, -0.05) is 0 Å². The number of hydrogen-bond acceptors (Lipinski definition) is 3. The van der Waals surface area contributed by atoms with Crippen molar-refractivity contribution >= 4 is 0 Å². The molecule has 1 aliphatic carbocycles. The summed E-state index contributed by atoms with van der Waals surface area (Å²) in [6.45, 7) is 1.15. The Balaban J connectivity index is 1.96. The number of halogens is 2. The van der Waals surface area contributed by atoms with Crippen LogP contribution in [0.15, 0.2) is 0 Å². The van der Waals surface area contributed by atoms with Crippen LogP contribution in [0.2, 0.25) is 0 Å². The summed E-state index contributed by atoms with van der Waals surface area (Å²) in [6, 6.07) is 0.352. The van der Waals surface area contributed by atoms with Crippen LogP contribution in [0, 0.1) is 5.92 Å². The molecule has 0 aromatic carbocycles. The van der Waals surface area contributed by atoms with Crippen LogP contribution in [0.4, 0.5) is 8.78 Å². The highest BCUT2D eigenvalue weighted by molar-refractivity contribution is 4.86. The maximum Gasteiger partial charge on any atom is 0.261 e. The Hall–Kier alpha value is -0.260. The highest BCUT2D eigenvalue weighted by Gasteiger charge is 2.30. The van der Waals surface area contributed by atoms with E-state index in [-0.39, 0.29) is 0 Å². The quantitative estimate of drug-likeness (QED) is 0.597. The van der Waals surface area contributed by atoms with Crippen molar-refractivity contribution in [1.82, 2.24) is 5.32 Å². The number of nitrogens with one attached hydrogen (secondary N) is 1. The van der Waals surface area contributed by atoms with Crippen molar-refractivity contribution in [2.45, 2.75) is 25.3 Å². The topological polar surface area (TPSA) is 30.5 Å². The van der Waals surface area contributed by atoms with Gasteiger partial charge in [0.25, 0.3) is 6.43 Å². The van der Waals surface area contributed by atoms with Crippen molar-refractivity contribution in [3.05, 3.63) is 0 Å². The second-order valence-corrected chi connectivity index (χ2v) is 3.82. The molecule has 1 unspecified atom stereocenters. The fourth-order valence-electron chi connectivity index (χ4n) is 1.53. The first-order valence-electron chi connectivity index (χ1n) is 5.32. The SMILES string of the molecule is COCC(NCCOCC(F)F)C1CC1. The van der Waals surface area contributed by atoms with Crippen molar-refractivity contribution < 1.29 is 18.3 Å². The van der Waals surface area contributed by atoms with E-state index in [1.54, 1.807) is 7.11 Å².